The molecule has 1 atom stereocenters. The summed E-state index contributed by atoms with van der Waals surface area (Å²) in [5.74, 6) is -1.34. The lowest BCUT2D eigenvalue weighted by Gasteiger charge is -2.09. The van der Waals surface area contributed by atoms with Gasteiger partial charge in [-0.05, 0) is 24.3 Å². The highest BCUT2D eigenvalue weighted by molar-refractivity contribution is 9.10. The van der Waals surface area contributed by atoms with E-state index in [1.807, 2.05) is 0 Å². The number of carbonyl (C=O) groups is 2. The van der Waals surface area contributed by atoms with Gasteiger partial charge < -0.3 is 20.3 Å². The SMILES string of the molecule is COc1ccc(Br)cc1/C=C/C(=O)N[C@@H](CO)C(=O)O. The van der Waals surface area contributed by atoms with Gasteiger partial charge in [-0.15, -0.1) is 0 Å². The van der Waals surface area contributed by atoms with Crippen molar-refractivity contribution in [3.63, 3.8) is 0 Å². The van der Waals surface area contributed by atoms with Crippen molar-refractivity contribution >= 4 is 33.9 Å². The number of carbonyl (C=O) groups excluding carboxylic acids is 1. The van der Waals surface area contributed by atoms with Crippen LogP contribution in [0.1, 0.15) is 5.56 Å². The second kappa shape index (κ2) is 7.66. The molecular formula is C13H14BrNO5. The van der Waals surface area contributed by atoms with Crippen molar-refractivity contribution in [2.75, 3.05) is 13.7 Å². The number of halogens is 1. The van der Waals surface area contributed by atoms with E-state index in [2.05, 4.69) is 21.2 Å². The summed E-state index contributed by atoms with van der Waals surface area (Å²) in [5, 5.41) is 19.7. The average Bonchev–Trinajstić information content (AvgIpc) is 2.42. The van der Waals surface area contributed by atoms with Crippen LogP contribution in [0.4, 0.5) is 0 Å². The Kier molecular flexibility index (Phi) is 6.20. The standard InChI is InChI=1S/C13H14BrNO5/c1-20-11-4-3-9(14)6-8(11)2-5-12(17)15-10(7-16)13(18)19/h2-6,10,16H,7H2,1H3,(H,15,17)(H,18,19)/b5-2+/t10-/m0/s1. The molecule has 0 fully saturated rings. The number of aliphatic hydroxyl groups is 1. The molecule has 6 nitrogen and oxygen atoms in total. The molecule has 20 heavy (non-hydrogen) atoms. The summed E-state index contributed by atoms with van der Waals surface area (Å²) in [4.78, 5) is 22.2. The molecule has 0 aromatic heterocycles. The molecule has 0 aliphatic heterocycles. The normalized spacial score (nSPS) is 12.2. The van der Waals surface area contributed by atoms with Crippen LogP contribution >= 0.6 is 15.9 Å². The molecule has 108 valence electrons. The van der Waals surface area contributed by atoms with Crippen LogP contribution in [0.15, 0.2) is 28.7 Å². The summed E-state index contributed by atoms with van der Waals surface area (Å²) in [6, 6.07) is 3.96. The number of hydrogen-bond donors (Lipinski definition) is 3. The molecule has 1 rings (SSSR count). The van der Waals surface area contributed by atoms with E-state index in [4.69, 9.17) is 14.9 Å². The number of carboxylic acids is 1. The van der Waals surface area contributed by atoms with Crippen LogP contribution in [0, 0.1) is 0 Å². The maximum atomic E-state index is 11.5. The smallest absolute Gasteiger partial charge is 0.328 e. The van der Waals surface area contributed by atoms with Gasteiger partial charge in [-0.3, -0.25) is 4.79 Å². The van der Waals surface area contributed by atoms with Crippen LogP contribution in [0.2, 0.25) is 0 Å². The van der Waals surface area contributed by atoms with Gasteiger partial charge in [-0.25, -0.2) is 4.79 Å². The van der Waals surface area contributed by atoms with Crippen molar-refractivity contribution in [3.05, 3.63) is 34.3 Å². The fourth-order valence-electron chi connectivity index (χ4n) is 1.41. The number of aliphatic carboxylic acids is 1. The molecule has 0 heterocycles. The highest BCUT2D eigenvalue weighted by Crippen LogP contribution is 2.23. The monoisotopic (exact) mass is 343 g/mol. The lowest BCUT2D eigenvalue weighted by atomic mass is 10.2. The molecule has 1 aromatic rings. The third kappa shape index (κ3) is 4.67. The summed E-state index contributed by atoms with van der Waals surface area (Å²) >= 11 is 3.30. The first kappa shape index (κ1) is 16.2. The van der Waals surface area contributed by atoms with Crippen molar-refractivity contribution in [3.8, 4) is 5.75 Å². The minimum Gasteiger partial charge on any atom is -0.496 e. The van der Waals surface area contributed by atoms with E-state index >= 15 is 0 Å². The van der Waals surface area contributed by atoms with Gasteiger partial charge in [0.05, 0.1) is 13.7 Å². The number of benzene rings is 1. The molecule has 0 unspecified atom stereocenters. The molecule has 0 saturated carbocycles. The Bertz CT molecular complexity index is 529. The summed E-state index contributed by atoms with van der Waals surface area (Å²) in [7, 11) is 1.51. The average molecular weight is 344 g/mol. The Labute approximate surface area is 124 Å². The molecule has 0 aliphatic rings. The number of rotatable bonds is 6. The van der Waals surface area contributed by atoms with E-state index in [0.717, 1.165) is 4.47 Å². The summed E-state index contributed by atoms with van der Waals surface area (Å²) < 4.78 is 5.95. The zero-order chi connectivity index (χ0) is 15.1. The third-order valence-corrected chi connectivity index (χ3v) is 2.90. The Morgan fingerprint density at radius 2 is 2.20 bits per heavy atom. The van der Waals surface area contributed by atoms with E-state index < -0.39 is 24.5 Å². The van der Waals surface area contributed by atoms with Crippen molar-refractivity contribution in [1.29, 1.82) is 0 Å². The van der Waals surface area contributed by atoms with Gasteiger partial charge in [-0.2, -0.15) is 0 Å². The zero-order valence-electron chi connectivity index (χ0n) is 10.7. The van der Waals surface area contributed by atoms with E-state index in [9.17, 15) is 9.59 Å². The van der Waals surface area contributed by atoms with E-state index in [1.54, 1.807) is 18.2 Å². The summed E-state index contributed by atoms with van der Waals surface area (Å²) in [6.45, 7) is -0.672. The van der Waals surface area contributed by atoms with Gasteiger partial charge in [0, 0.05) is 16.1 Å². The topological polar surface area (TPSA) is 95.9 Å². The summed E-state index contributed by atoms with van der Waals surface area (Å²) in [6.07, 6.45) is 2.67. The maximum Gasteiger partial charge on any atom is 0.328 e. The maximum absolute atomic E-state index is 11.5. The van der Waals surface area contributed by atoms with Gasteiger partial charge in [-0.1, -0.05) is 15.9 Å². The van der Waals surface area contributed by atoms with E-state index in [-0.39, 0.29) is 0 Å². The highest BCUT2D eigenvalue weighted by Gasteiger charge is 2.17. The minimum atomic E-state index is -1.32. The Morgan fingerprint density at radius 3 is 2.75 bits per heavy atom. The second-order valence-electron chi connectivity index (χ2n) is 3.80. The number of carboxylic acid groups (broad SMARTS) is 1. The molecule has 3 N–H and O–H groups in total. The number of ether oxygens (including phenoxy) is 1. The second-order valence-corrected chi connectivity index (χ2v) is 4.72. The zero-order valence-corrected chi connectivity index (χ0v) is 12.3. The summed E-state index contributed by atoms with van der Waals surface area (Å²) in [5.41, 5.74) is 0.660. The number of aliphatic hydroxyl groups excluding tert-OH is 1. The first-order valence-corrected chi connectivity index (χ1v) is 6.43. The van der Waals surface area contributed by atoms with Gasteiger partial charge in [0.2, 0.25) is 5.91 Å². The highest BCUT2D eigenvalue weighted by atomic mass is 79.9. The van der Waals surface area contributed by atoms with Crippen molar-refractivity contribution < 1.29 is 24.5 Å². The molecule has 1 amide bonds. The number of methoxy groups -OCH3 is 1. The largest absolute Gasteiger partial charge is 0.496 e. The molecule has 0 bridgehead atoms. The lowest BCUT2D eigenvalue weighted by molar-refractivity contribution is -0.142. The molecule has 0 saturated heterocycles. The van der Waals surface area contributed by atoms with Crippen LogP contribution < -0.4 is 10.1 Å². The van der Waals surface area contributed by atoms with Gasteiger partial charge in [0.25, 0.3) is 0 Å². The molecule has 0 radical (unpaired) electrons. The van der Waals surface area contributed by atoms with Crippen LogP contribution in [-0.2, 0) is 9.59 Å². The van der Waals surface area contributed by atoms with Crippen molar-refractivity contribution in [1.82, 2.24) is 5.32 Å². The van der Waals surface area contributed by atoms with Gasteiger partial charge >= 0.3 is 5.97 Å². The number of hydrogen-bond acceptors (Lipinski definition) is 4. The lowest BCUT2D eigenvalue weighted by Crippen LogP contribution is -2.42. The number of nitrogens with one attached hydrogen (secondary N) is 1. The Balaban J connectivity index is 2.79. The van der Waals surface area contributed by atoms with Gasteiger partial charge in [0.15, 0.2) is 6.04 Å². The Morgan fingerprint density at radius 1 is 1.50 bits per heavy atom. The number of amides is 1. The van der Waals surface area contributed by atoms with E-state index in [0.29, 0.717) is 11.3 Å². The first-order chi connectivity index (χ1) is 9.47. The van der Waals surface area contributed by atoms with Gasteiger partial charge in [0.1, 0.15) is 5.75 Å². The molecule has 1 aromatic carbocycles. The van der Waals surface area contributed by atoms with Crippen molar-refractivity contribution in [2.45, 2.75) is 6.04 Å². The van der Waals surface area contributed by atoms with Crippen LogP contribution in [-0.4, -0.2) is 41.8 Å². The fourth-order valence-corrected chi connectivity index (χ4v) is 1.79. The fraction of sp³-hybridized carbons (Fsp3) is 0.231. The van der Waals surface area contributed by atoms with Crippen LogP contribution in [0.25, 0.3) is 6.08 Å². The predicted molar refractivity (Wildman–Crippen MR) is 76.4 cm³/mol. The predicted octanol–water partition coefficient (Wildman–Crippen LogP) is 1.03. The molecule has 0 spiro atoms. The molecule has 0 aliphatic carbocycles. The minimum absolute atomic E-state index is 0.578. The molecule has 7 heteroatoms. The third-order valence-electron chi connectivity index (χ3n) is 2.40. The first-order valence-electron chi connectivity index (χ1n) is 5.63. The van der Waals surface area contributed by atoms with E-state index in [1.165, 1.54) is 19.3 Å². The van der Waals surface area contributed by atoms with Crippen LogP contribution in [0.3, 0.4) is 0 Å². The molecular weight excluding hydrogens is 330 g/mol. The van der Waals surface area contributed by atoms with Crippen LogP contribution in [0.5, 0.6) is 5.75 Å². The quantitative estimate of drug-likeness (QED) is 0.670. The van der Waals surface area contributed by atoms with Crippen molar-refractivity contribution in [2.24, 2.45) is 0 Å². The Hall–Kier alpha value is -1.86.